The number of sulfonamides is 1. The Morgan fingerprint density at radius 3 is 2.45 bits per heavy atom. The van der Waals surface area contributed by atoms with Gasteiger partial charge in [0.2, 0.25) is 5.91 Å². The molecule has 1 fully saturated rings. The van der Waals surface area contributed by atoms with Gasteiger partial charge in [-0.15, -0.1) is 0 Å². The first-order chi connectivity index (χ1) is 14.9. The summed E-state index contributed by atoms with van der Waals surface area (Å²) in [7, 11) is -3.93. The van der Waals surface area contributed by atoms with Gasteiger partial charge >= 0.3 is 0 Å². The molecule has 8 heteroatoms. The normalized spacial score (nSPS) is 16.7. The van der Waals surface area contributed by atoms with E-state index in [1.165, 1.54) is 12.1 Å². The first-order valence-corrected chi connectivity index (χ1v) is 12.3. The van der Waals surface area contributed by atoms with Crippen molar-refractivity contribution in [3.63, 3.8) is 0 Å². The Balaban J connectivity index is 1.65. The average Bonchev–Trinajstić information content (AvgIpc) is 2.77. The van der Waals surface area contributed by atoms with Gasteiger partial charge in [0.15, 0.2) is 0 Å². The molecule has 0 unspecified atom stereocenters. The van der Waals surface area contributed by atoms with Gasteiger partial charge < -0.3 is 5.32 Å². The lowest BCUT2D eigenvalue weighted by atomic mass is 9.85. The van der Waals surface area contributed by atoms with Crippen molar-refractivity contribution in [3.8, 4) is 0 Å². The number of rotatable bonds is 9. The maximum absolute atomic E-state index is 13.2. The van der Waals surface area contributed by atoms with Crippen LogP contribution in [0, 0.1) is 5.92 Å². The Labute approximate surface area is 188 Å². The smallest absolute Gasteiger partial charge is 0.264 e. The second-order valence-electron chi connectivity index (χ2n) is 7.70. The number of carbonyl (C=O) groups excluding carboxylic acids is 2. The van der Waals surface area contributed by atoms with E-state index in [0.29, 0.717) is 35.9 Å². The summed E-state index contributed by atoms with van der Waals surface area (Å²) >= 11 is 5.94. The molecule has 0 saturated heterocycles. The first-order valence-electron chi connectivity index (χ1n) is 10.5. The molecule has 0 heterocycles. The molecule has 6 nitrogen and oxygen atoms in total. The summed E-state index contributed by atoms with van der Waals surface area (Å²) in [5, 5.41) is 3.26. The van der Waals surface area contributed by atoms with Crippen LogP contribution in [0.1, 0.15) is 38.5 Å². The van der Waals surface area contributed by atoms with E-state index in [1.54, 1.807) is 42.5 Å². The molecule has 0 aromatic heterocycles. The summed E-state index contributed by atoms with van der Waals surface area (Å²) in [5.74, 6) is 0.0135. The van der Waals surface area contributed by atoms with Gasteiger partial charge in [0, 0.05) is 23.9 Å². The Morgan fingerprint density at radius 1 is 1.06 bits per heavy atom. The van der Waals surface area contributed by atoms with Gasteiger partial charge in [-0.05, 0) is 62.1 Å². The molecular formula is C23H27ClN2O4S. The first kappa shape index (κ1) is 23.3. The Bertz CT molecular complexity index is 994. The third-order valence-electron chi connectivity index (χ3n) is 5.47. The highest BCUT2D eigenvalue weighted by Gasteiger charge is 2.27. The van der Waals surface area contributed by atoms with Crippen molar-refractivity contribution in [1.29, 1.82) is 0 Å². The number of halogens is 1. The summed E-state index contributed by atoms with van der Waals surface area (Å²) < 4.78 is 27.5. The van der Waals surface area contributed by atoms with Crippen molar-refractivity contribution in [2.24, 2.45) is 5.92 Å². The maximum Gasteiger partial charge on any atom is 0.264 e. The molecule has 0 radical (unpaired) electrons. The molecule has 0 spiro atoms. The monoisotopic (exact) mass is 462 g/mol. The number of anilines is 1. The van der Waals surface area contributed by atoms with Gasteiger partial charge in [-0.2, -0.15) is 0 Å². The zero-order valence-corrected chi connectivity index (χ0v) is 18.9. The van der Waals surface area contributed by atoms with Gasteiger partial charge in [0.1, 0.15) is 12.3 Å². The van der Waals surface area contributed by atoms with Gasteiger partial charge in [-0.25, -0.2) is 8.42 Å². The maximum atomic E-state index is 13.2. The zero-order chi connectivity index (χ0) is 22.3. The minimum absolute atomic E-state index is 0.0923. The lowest BCUT2D eigenvalue weighted by molar-refractivity contribution is -0.124. The summed E-state index contributed by atoms with van der Waals surface area (Å²) in [6.07, 6.45) is 5.08. The van der Waals surface area contributed by atoms with Crippen molar-refractivity contribution < 1.29 is 18.0 Å². The number of amides is 1. The number of hydrogen-bond acceptors (Lipinski definition) is 4. The highest BCUT2D eigenvalue weighted by molar-refractivity contribution is 7.92. The number of nitrogens with one attached hydrogen (secondary N) is 1. The van der Waals surface area contributed by atoms with E-state index in [4.69, 9.17) is 11.6 Å². The molecule has 1 N–H and O–H groups in total. The lowest BCUT2D eigenvalue weighted by Gasteiger charge is -2.24. The number of carbonyl (C=O) groups is 2. The fourth-order valence-electron chi connectivity index (χ4n) is 3.77. The van der Waals surface area contributed by atoms with Crippen LogP contribution < -0.4 is 9.62 Å². The van der Waals surface area contributed by atoms with E-state index in [2.05, 4.69) is 5.32 Å². The number of ketones is 1. The van der Waals surface area contributed by atoms with E-state index in [1.807, 2.05) is 0 Å². The number of nitrogens with zero attached hydrogens (tertiary/aromatic N) is 1. The van der Waals surface area contributed by atoms with Crippen LogP contribution >= 0.6 is 11.6 Å². The van der Waals surface area contributed by atoms with E-state index in [-0.39, 0.29) is 17.4 Å². The highest BCUT2D eigenvalue weighted by atomic mass is 35.5. The topological polar surface area (TPSA) is 83.6 Å². The van der Waals surface area contributed by atoms with Crippen LogP contribution in [0.4, 0.5) is 5.69 Å². The van der Waals surface area contributed by atoms with Crippen LogP contribution in [0.25, 0.3) is 0 Å². The average molecular weight is 463 g/mol. The molecule has 1 atom stereocenters. The molecule has 2 aromatic carbocycles. The predicted octanol–water partition coefficient (Wildman–Crippen LogP) is 4.19. The standard InChI is InChI=1S/C23H27ClN2O4S/c24-19-12-14-20(15-13-19)26(31(29,30)21-9-2-1-3-10-21)17-23(28)25-16-6-8-18-7-4-5-11-22(18)27/h1-3,9-10,12-15,18H,4-8,11,16-17H2,(H,25,28)/t18-/m0/s1. The second kappa shape index (κ2) is 10.8. The second-order valence-corrected chi connectivity index (χ2v) is 10.0. The lowest BCUT2D eigenvalue weighted by Crippen LogP contribution is -2.41. The molecule has 1 aliphatic rings. The Hall–Kier alpha value is -2.38. The predicted molar refractivity (Wildman–Crippen MR) is 122 cm³/mol. The van der Waals surface area contributed by atoms with Crippen LogP contribution in [0.15, 0.2) is 59.5 Å². The van der Waals surface area contributed by atoms with Crippen molar-refractivity contribution in [3.05, 3.63) is 59.6 Å². The largest absolute Gasteiger partial charge is 0.355 e. The molecule has 31 heavy (non-hydrogen) atoms. The fraction of sp³-hybridized carbons (Fsp3) is 0.391. The minimum Gasteiger partial charge on any atom is -0.355 e. The molecular weight excluding hydrogens is 436 g/mol. The quantitative estimate of drug-likeness (QED) is 0.566. The highest BCUT2D eigenvalue weighted by Crippen LogP contribution is 2.26. The SMILES string of the molecule is O=C(CN(c1ccc(Cl)cc1)S(=O)(=O)c1ccccc1)NCCC[C@@H]1CCCCC1=O. The van der Waals surface area contributed by atoms with Crippen molar-refractivity contribution in [2.75, 3.05) is 17.4 Å². The molecule has 0 bridgehead atoms. The summed E-state index contributed by atoms with van der Waals surface area (Å²) in [6.45, 7) is 0.0592. The molecule has 1 saturated carbocycles. The third-order valence-corrected chi connectivity index (χ3v) is 7.51. The number of benzene rings is 2. The molecule has 0 aliphatic heterocycles. The van der Waals surface area contributed by atoms with E-state index < -0.39 is 15.9 Å². The summed E-state index contributed by atoms with van der Waals surface area (Å²) in [4.78, 5) is 24.6. The van der Waals surface area contributed by atoms with Gasteiger partial charge in [0.25, 0.3) is 10.0 Å². The van der Waals surface area contributed by atoms with E-state index in [0.717, 1.165) is 30.0 Å². The van der Waals surface area contributed by atoms with Crippen LogP contribution in [-0.2, 0) is 19.6 Å². The van der Waals surface area contributed by atoms with Crippen LogP contribution in [0.2, 0.25) is 5.02 Å². The van der Waals surface area contributed by atoms with Gasteiger partial charge in [-0.1, -0.05) is 36.2 Å². The van der Waals surface area contributed by atoms with E-state index >= 15 is 0 Å². The summed E-state index contributed by atoms with van der Waals surface area (Å²) in [5.41, 5.74) is 0.358. The third kappa shape index (κ3) is 6.31. The van der Waals surface area contributed by atoms with E-state index in [9.17, 15) is 18.0 Å². The molecule has 1 aliphatic carbocycles. The molecule has 3 rings (SSSR count). The molecule has 1 amide bonds. The minimum atomic E-state index is -3.93. The zero-order valence-electron chi connectivity index (χ0n) is 17.3. The van der Waals surface area contributed by atoms with Crippen molar-refractivity contribution >= 4 is 39.0 Å². The van der Waals surface area contributed by atoms with Crippen LogP contribution in [0.5, 0.6) is 0 Å². The Morgan fingerprint density at radius 2 is 1.77 bits per heavy atom. The molecule has 166 valence electrons. The Kier molecular flexibility index (Phi) is 8.09. The van der Waals surface area contributed by atoms with Crippen molar-refractivity contribution in [1.82, 2.24) is 5.32 Å². The number of hydrogen-bond donors (Lipinski definition) is 1. The van der Waals surface area contributed by atoms with Crippen molar-refractivity contribution in [2.45, 2.75) is 43.4 Å². The van der Waals surface area contributed by atoms with Gasteiger partial charge in [-0.3, -0.25) is 13.9 Å². The van der Waals surface area contributed by atoms with Crippen LogP contribution in [-0.4, -0.2) is 33.2 Å². The summed E-state index contributed by atoms with van der Waals surface area (Å²) in [6, 6.07) is 14.3. The van der Waals surface area contributed by atoms with Gasteiger partial charge in [0.05, 0.1) is 10.6 Å². The fourth-order valence-corrected chi connectivity index (χ4v) is 5.33. The number of Topliss-reactive ketones (excluding diaryl/α,β-unsaturated/α-hetero) is 1. The molecule has 2 aromatic rings. The van der Waals surface area contributed by atoms with Crippen LogP contribution in [0.3, 0.4) is 0 Å².